The van der Waals surface area contributed by atoms with Gasteiger partial charge in [0.1, 0.15) is 0 Å². The number of nitrogens with two attached hydrogens (primary N) is 2. The molecule has 0 atom stereocenters. The zero-order valence-electron chi connectivity index (χ0n) is 13.5. The van der Waals surface area contributed by atoms with Crippen LogP contribution >= 0.6 is 0 Å². The highest BCUT2D eigenvalue weighted by molar-refractivity contribution is 5.54. The Kier molecular flexibility index (Phi) is 4.87. The second kappa shape index (κ2) is 7.42. The van der Waals surface area contributed by atoms with E-state index in [0.717, 1.165) is 35.8 Å². The van der Waals surface area contributed by atoms with E-state index in [-0.39, 0.29) is 0 Å². The molecule has 0 radical (unpaired) electrons. The van der Waals surface area contributed by atoms with Gasteiger partial charge in [-0.15, -0.1) is 0 Å². The molecule has 0 aliphatic carbocycles. The summed E-state index contributed by atoms with van der Waals surface area (Å²) in [4.78, 5) is 0. The van der Waals surface area contributed by atoms with Crippen molar-refractivity contribution in [1.29, 1.82) is 0 Å². The molecule has 122 valence electrons. The Morgan fingerprint density at radius 1 is 0.500 bits per heavy atom. The monoisotopic (exact) mass is 318 g/mol. The number of anilines is 4. The fraction of sp³-hybridized carbons (Fsp3) is 0.100. The third-order valence-corrected chi connectivity index (χ3v) is 3.84. The van der Waals surface area contributed by atoms with E-state index < -0.39 is 0 Å². The van der Waals surface area contributed by atoms with Crippen molar-refractivity contribution in [1.82, 2.24) is 0 Å². The molecule has 24 heavy (non-hydrogen) atoms. The predicted molar refractivity (Wildman–Crippen MR) is 103 cm³/mol. The zero-order chi connectivity index (χ0) is 16.8. The van der Waals surface area contributed by atoms with Crippen LogP contribution in [0.4, 0.5) is 22.7 Å². The second-order valence-corrected chi connectivity index (χ2v) is 5.77. The molecule has 0 bridgehead atoms. The SMILES string of the molecule is Nc1ccc(CNc2ccc(NCc3ccc(N)cc3)cc2)cc1. The van der Waals surface area contributed by atoms with Gasteiger partial charge >= 0.3 is 0 Å². The average molecular weight is 318 g/mol. The molecular weight excluding hydrogens is 296 g/mol. The summed E-state index contributed by atoms with van der Waals surface area (Å²) in [5, 5.41) is 6.81. The molecule has 0 spiro atoms. The van der Waals surface area contributed by atoms with Gasteiger partial charge in [0.05, 0.1) is 0 Å². The number of hydrogen-bond acceptors (Lipinski definition) is 4. The molecule has 0 unspecified atom stereocenters. The highest BCUT2D eigenvalue weighted by Gasteiger charge is 1.97. The Hall–Kier alpha value is -3.14. The smallest absolute Gasteiger partial charge is 0.0400 e. The van der Waals surface area contributed by atoms with Gasteiger partial charge in [0.2, 0.25) is 0 Å². The summed E-state index contributed by atoms with van der Waals surface area (Å²) in [6, 6.07) is 24.1. The van der Waals surface area contributed by atoms with Crippen molar-refractivity contribution >= 4 is 22.7 Å². The summed E-state index contributed by atoms with van der Waals surface area (Å²) in [5.41, 5.74) is 17.5. The van der Waals surface area contributed by atoms with Crippen LogP contribution in [0.1, 0.15) is 11.1 Å². The quantitative estimate of drug-likeness (QED) is 0.517. The molecule has 0 amide bonds. The minimum Gasteiger partial charge on any atom is -0.399 e. The minimum atomic E-state index is 0.776. The van der Waals surface area contributed by atoms with Crippen LogP contribution < -0.4 is 22.1 Å². The molecule has 6 N–H and O–H groups in total. The fourth-order valence-corrected chi connectivity index (χ4v) is 2.39. The first-order chi connectivity index (χ1) is 11.7. The first kappa shape index (κ1) is 15.7. The number of rotatable bonds is 6. The number of nitrogens with one attached hydrogen (secondary N) is 2. The molecule has 0 heterocycles. The standard InChI is InChI=1S/C20H22N4/c21-17-5-1-15(2-6-17)13-23-19-9-11-20(12-10-19)24-14-16-3-7-18(22)8-4-16/h1-12,23-24H,13-14,21-22H2. The van der Waals surface area contributed by atoms with Crippen LogP contribution in [-0.2, 0) is 13.1 Å². The van der Waals surface area contributed by atoms with Crippen molar-refractivity contribution in [3.8, 4) is 0 Å². The summed E-state index contributed by atoms with van der Waals surface area (Å²) in [5.74, 6) is 0. The highest BCUT2D eigenvalue weighted by atomic mass is 14.9. The summed E-state index contributed by atoms with van der Waals surface area (Å²) in [7, 11) is 0. The Labute approximate surface area is 142 Å². The van der Waals surface area contributed by atoms with E-state index in [9.17, 15) is 0 Å². The zero-order valence-corrected chi connectivity index (χ0v) is 13.5. The molecule has 4 heteroatoms. The van der Waals surface area contributed by atoms with Gasteiger partial charge in [0.25, 0.3) is 0 Å². The highest BCUT2D eigenvalue weighted by Crippen LogP contribution is 2.16. The fourth-order valence-electron chi connectivity index (χ4n) is 2.39. The van der Waals surface area contributed by atoms with Crippen molar-refractivity contribution in [3.63, 3.8) is 0 Å². The third-order valence-electron chi connectivity index (χ3n) is 3.84. The minimum absolute atomic E-state index is 0.776. The molecule has 0 saturated heterocycles. The average Bonchev–Trinajstić information content (AvgIpc) is 2.62. The number of hydrogen-bond donors (Lipinski definition) is 4. The Balaban J connectivity index is 1.51. The molecule has 0 aliphatic rings. The summed E-state index contributed by atoms with van der Waals surface area (Å²) in [6.07, 6.45) is 0. The van der Waals surface area contributed by atoms with Gasteiger partial charge in [-0.1, -0.05) is 24.3 Å². The first-order valence-corrected chi connectivity index (χ1v) is 7.96. The van der Waals surface area contributed by atoms with Crippen molar-refractivity contribution < 1.29 is 0 Å². The molecule has 3 aromatic rings. The Morgan fingerprint density at radius 2 is 0.833 bits per heavy atom. The van der Waals surface area contributed by atoms with Crippen molar-refractivity contribution in [3.05, 3.63) is 83.9 Å². The molecule has 0 saturated carbocycles. The lowest BCUT2D eigenvalue weighted by atomic mass is 10.2. The van der Waals surface area contributed by atoms with Crippen LogP contribution in [0, 0.1) is 0 Å². The van der Waals surface area contributed by atoms with Gasteiger partial charge in [-0.3, -0.25) is 0 Å². The molecule has 0 aromatic heterocycles. The molecule has 3 aromatic carbocycles. The molecular formula is C20H22N4. The summed E-state index contributed by atoms with van der Waals surface area (Å²) >= 11 is 0. The predicted octanol–water partition coefficient (Wildman–Crippen LogP) is 4.08. The lowest BCUT2D eigenvalue weighted by Crippen LogP contribution is -2.01. The van der Waals surface area contributed by atoms with E-state index in [1.807, 2.05) is 48.5 Å². The van der Waals surface area contributed by atoms with E-state index in [1.54, 1.807) is 0 Å². The normalized spacial score (nSPS) is 10.3. The van der Waals surface area contributed by atoms with Crippen LogP contribution in [0.15, 0.2) is 72.8 Å². The van der Waals surface area contributed by atoms with Gasteiger partial charge in [0, 0.05) is 35.8 Å². The number of nitrogen functional groups attached to an aromatic ring is 2. The van der Waals surface area contributed by atoms with Crippen LogP contribution in [0.3, 0.4) is 0 Å². The van der Waals surface area contributed by atoms with Crippen LogP contribution in [-0.4, -0.2) is 0 Å². The Morgan fingerprint density at radius 3 is 1.17 bits per heavy atom. The summed E-state index contributed by atoms with van der Waals surface area (Å²) in [6.45, 7) is 1.55. The first-order valence-electron chi connectivity index (χ1n) is 7.96. The van der Waals surface area contributed by atoms with Crippen molar-refractivity contribution in [2.75, 3.05) is 22.1 Å². The van der Waals surface area contributed by atoms with E-state index in [0.29, 0.717) is 0 Å². The van der Waals surface area contributed by atoms with Crippen molar-refractivity contribution in [2.45, 2.75) is 13.1 Å². The van der Waals surface area contributed by atoms with Gasteiger partial charge in [-0.05, 0) is 59.7 Å². The second-order valence-electron chi connectivity index (χ2n) is 5.77. The third kappa shape index (κ3) is 4.43. The molecule has 0 fully saturated rings. The maximum Gasteiger partial charge on any atom is 0.0400 e. The van der Waals surface area contributed by atoms with E-state index in [1.165, 1.54) is 11.1 Å². The van der Waals surface area contributed by atoms with Gasteiger partial charge < -0.3 is 22.1 Å². The molecule has 4 nitrogen and oxygen atoms in total. The van der Waals surface area contributed by atoms with Crippen LogP contribution in [0.25, 0.3) is 0 Å². The largest absolute Gasteiger partial charge is 0.399 e. The maximum absolute atomic E-state index is 5.69. The van der Waals surface area contributed by atoms with Gasteiger partial charge in [-0.2, -0.15) is 0 Å². The van der Waals surface area contributed by atoms with Crippen LogP contribution in [0.2, 0.25) is 0 Å². The Bertz CT molecular complexity index is 694. The van der Waals surface area contributed by atoms with E-state index in [2.05, 4.69) is 34.9 Å². The number of benzene rings is 3. The lowest BCUT2D eigenvalue weighted by molar-refractivity contribution is 1.14. The summed E-state index contributed by atoms with van der Waals surface area (Å²) < 4.78 is 0. The lowest BCUT2D eigenvalue weighted by Gasteiger charge is -2.10. The van der Waals surface area contributed by atoms with E-state index in [4.69, 9.17) is 11.5 Å². The van der Waals surface area contributed by atoms with Gasteiger partial charge in [0.15, 0.2) is 0 Å². The van der Waals surface area contributed by atoms with Crippen LogP contribution in [0.5, 0.6) is 0 Å². The van der Waals surface area contributed by atoms with Gasteiger partial charge in [-0.25, -0.2) is 0 Å². The van der Waals surface area contributed by atoms with E-state index >= 15 is 0 Å². The molecule has 3 rings (SSSR count). The van der Waals surface area contributed by atoms with Crippen molar-refractivity contribution in [2.24, 2.45) is 0 Å². The molecule has 0 aliphatic heterocycles. The topological polar surface area (TPSA) is 76.1 Å². The maximum atomic E-state index is 5.69.